The molecular weight excluding hydrogens is 497 g/mol. The van der Waals surface area contributed by atoms with Gasteiger partial charge in [0, 0.05) is 12.0 Å². The van der Waals surface area contributed by atoms with Gasteiger partial charge in [0.25, 0.3) is 0 Å². The Balaban J connectivity index is 1.73. The van der Waals surface area contributed by atoms with Crippen molar-refractivity contribution in [3.05, 3.63) is 96.9 Å². The van der Waals surface area contributed by atoms with E-state index in [-0.39, 0.29) is 12.8 Å². The summed E-state index contributed by atoms with van der Waals surface area (Å²) in [6.07, 6.45) is -1.73. The number of aldehydes is 1. The molecule has 0 bridgehead atoms. The average Bonchev–Trinajstić information content (AvgIpc) is 3.28. The number of alkyl halides is 3. The fourth-order valence-corrected chi connectivity index (χ4v) is 4.06. The Hall–Kier alpha value is -4.14. The maximum Gasteiger partial charge on any atom is 0.471 e. The van der Waals surface area contributed by atoms with Crippen LogP contribution in [0.4, 0.5) is 13.2 Å². The van der Waals surface area contributed by atoms with Crippen LogP contribution in [0.25, 0.3) is 11.5 Å². The highest BCUT2D eigenvalue weighted by molar-refractivity contribution is 5.85. The molecule has 0 aliphatic carbocycles. The van der Waals surface area contributed by atoms with Crippen molar-refractivity contribution in [2.75, 3.05) is 6.61 Å². The topological polar surface area (TPSA) is 72.6 Å². The molecule has 2 atom stereocenters. The van der Waals surface area contributed by atoms with Gasteiger partial charge >= 0.3 is 12.1 Å². The number of carbonyl (C=O) groups excluding carboxylic acids is 2. The van der Waals surface area contributed by atoms with E-state index in [1.54, 1.807) is 24.3 Å². The number of oxazole rings is 1. The third kappa shape index (κ3) is 7.00. The number of hydrogen-bond acceptors (Lipinski definition) is 5. The van der Waals surface area contributed by atoms with E-state index in [1.807, 2.05) is 37.3 Å². The summed E-state index contributed by atoms with van der Waals surface area (Å²) >= 11 is 0. The number of nitrogens with zero attached hydrogens (tertiary/aromatic N) is 2. The molecule has 2 aromatic carbocycles. The molecule has 1 heterocycles. The Morgan fingerprint density at radius 2 is 1.74 bits per heavy atom. The molecule has 0 unspecified atom stereocenters. The van der Waals surface area contributed by atoms with Crippen LogP contribution in [0.1, 0.15) is 35.9 Å². The fraction of sp³-hybridized carbons (Fsp3) is 0.276. The van der Waals surface area contributed by atoms with Crippen molar-refractivity contribution in [2.45, 2.75) is 44.4 Å². The van der Waals surface area contributed by atoms with Gasteiger partial charge in [-0.1, -0.05) is 42.5 Å². The van der Waals surface area contributed by atoms with E-state index in [9.17, 15) is 22.8 Å². The lowest BCUT2D eigenvalue weighted by Gasteiger charge is -2.36. The second-order valence-electron chi connectivity index (χ2n) is 8.53. The summed E-state index contributed by atoms with van der Waals surface area (Å²) in [6, 6.07) is 13.5. The van der Waals surface area contributed by atoms with Crippen molar-refractivity contribution in [1.82, 2.24) is 9.88 Å². The molecule has 0 aliphatic rings. The van der Waals surface area contributed by atoms with E-state index in [1.165, 1.54) is 12.2 Å². The molecule has 0 radical (unpaired) electrons. The maximum atomic E-state index is 13.4. The minimum Gasteiger partial charge on any atom is -0.493 e. The number of hydrogen-bond donors (Lipinski definition) is 0. The maximum absolute atomic E-state index is 13.4. The fourth-order valence-electron chi connectivity index (χ4n) is 4.06. The minimum absolute atomic E-state index is 0.0126. The molecule has 6 nitrogen and oxygen atoms in total. The number of rotatable bonds is 13. The van der Waals surface area contributed by atoms with Gasteiger partial charge in [0.1, 0.15) is 17.8 Å². The highest BCUT2D eigenvalue weighted by Gasteiger charge is 2.47. The summed E-state index contributed by atoms with van der Waals surface area (Å²) in [6.45, 7) is 9.22. The highest BCUT2D eigenvalue weighted by atomic mass is 19.4. The predicted octanol–water partition coefficient (Wildman–Crippen LogP) is 6.42. The molecular formula is C29H29F3N2O4. The zero-order chi connectivity index (χ0) is 27.7. The standard InChI is InChI=1S/C29H29F3N2O4/c1-4-9-23(19-35)34(28(36)29(30,31)32)26(10-5-2)21-13-15-24(16-14-21)37-18-17-25-20(3)38-27(33-25)22-11-7-6-8-12-22/h4-8,11-16,19,23,26H,1-2,9-10,17-18H2,3H3/t23-,26-/m0/s1. The van der Waals surface area contributed by atoms with Gasteiger partial charge in [0.05, 0.1) is 24.4 Å². The molecule has 1 aromatic heterocycles. The van der Waals surface area contributed by atoms with Crippen LogP contribution in [0.3, 0.4) is 0 Å². The van der Waals surface area contributed by atoms with E-state index in [4.69, 9.17) is 9.15 Å². The summed E-state index contributed by atoms with van der Waals surface area (Å²) in [5.74, 6) is -0.392. The second kappa shape index (κ2) is 12.9. The van der Waals surface area contributed by atoms with Crippen LogP contribution >= 0.6 is 0 Å². The quantitative estimate of drug-likeness (QED) is 0.190. The molecule has 0 spiro atoms. The van der Waals surface area contributed by atoms with Crippen molar-refractivity contribution in [1.29, 1.82) is 0 Å². The van der Waals surface area contributed by atoms with Crippen LogP contribution in [-0.4, -0.2) is 40.9 Å². The van der Waals surface area contributed by atoms with Gasteiger partial charge in [-0.3, -0.25) is 4.79 Å². The number of benzene rings is 2. The molecule has 1 amide bonds. The number of halogens is 3. The SMILES string of the molecule is C=CC[C@@H](C=O)N(C(=O)C(F)(F)F)[C@@H](CC=C)c1ccc(OCCc2nc(-c3ccccc3)oc2C)cc1. The summed E-state index contributed by atoms with van der Waals surface area (Å²) in [4.78, 5) is 29.1. The predicted molar refractivity (Wildman–Crippen MR) is 137 cm³/mol. The van der Waals surface area contributed by atoms with Gasteiger partial charge in [-0.25, -0.2) is 4.98 Å². The molecule has 3 aromatic rings. The van der Waals surface area contributed by atoms with E-state index in [2.05, 4.69) is 18.1 Å². The molecule has 0 N–H and O–H groups in total. The van der Waals surface area contributed by atoms with Gasteiger partial charge in [0.15, 0.2) is 0 Å². The van der Waals surface area contributed by atoms with Gasteiger partial charge in [-0.15, -0.1) is 13.2 Å². The Labute approximate surface area is 219 Å². The molecule has 200 valence electrons. The lowest BCUT2D eigenvalue weighted by Crippen LogP contribution is -2.49. The van der Waals surface area contributed by atoms with Crippen LogP contribution in [0.15, 0.2) is 84.3 Å². The third-order valence-corrected chi connectivity index (χ3v) is 5.91. The lowest BCUT2D eigenvalue weighted by molar-refractivity contribution is -0.190. The second-order valence-corrected chi connectivity index (χ2v) is 8.53. The van der Waals surface area contributed by atoms with Crippen LogP contribution in [0, 0.1) is 6.92 Å². The van der Waals surface area contributed by atoms with Crippen molar-refractivity contribution in [3.8, 4) is 17.2 Å². The third-order valence-electron chi connectivity index (χ3n) is 5.91. The summed E-state index contributed by atoms with van der Waals surface area (Å²) in [5.41, 5.74) is 2.04. The molecule has 0 saturated carbocycles. The smallest absolute Gasteiger partial charge is 0.471 e. The lowest BCUT2D eigenvalue weighted by atomic mass is 9.98. The number of aryl methyl sites for hydroxylation is 1. The van der Waals surface area contributed by atoms with Crippen LogP contribution in [0.2, 0.25) is 0 Å². The van der Waals surface area contributed by atoms with Crippen LogP contribution < -0.4 is 4.74 Å². The molecule has 9 heteroatoms. The Morgan fingerprint density at radius 3 is 2.32 bits per heavy atom. The summed E-state index contributed by atoms with van der Waals surface area (Å²) in [7, 11) is 0. The van der Waals surface area contributed by atoms with Crippen molar-refractivity contribution >= 4 is 12.2 Å². The molecule has 0 aliphatic heterocycles. The summed E-state index contributed by atoms with van der Waals surface area (Å²) < 4.78 is 51.9. The number of ether oxygens (including phenoxy) is 1. The van der Waals surface area contributed by atoms with Gasteiger partial charge in [-0.2, -0.15) is 13.2 Å². The van der Waals surface area contributed by atoms with E-state index >= 15 is 0 Å². The highest BCUT2D eigenvalue weighted by Crippen LogP contribution is 2.33. The van der Waals surface area contributed by atoms with Crippen molar-refractivity contribution in [3.63, 3.8) is 0 Å². The van der Waals surface area contributed by atoms with Crippen LogP contribution in [-0.2, 0) is 16.0 Å². The Kier molecular flexibility index (Phi) is 9.65. The Morgan fingerprint density at radius 1 is 1.08 bits per heavy atom. The first-order valence-corrected chi connectivity index (χ1v) is 12.0. The number of amides is 1. The molecule has 0 fully saturated rings. The van der Waals surface area contributed by atoms with Crippen LogP contribution in [0.5, 0.6) is 5.75 Å². The number of aromatic nitrogens is 1. The van der Waals surface area contributed by atoms with E-state index in [0.29, 0.717) is 47.2 Å². The molecule has 3 rings (SSSR count). The number of carbonyl (C=O) groups is 2. The zero-order valence-corrected chi connectivity index (χ0v) is 21.0. The summed E-state index contributed by atoms with van der Waals surface area (Å²) in [5, 5.41) is 0. The molecule has 38 heavy (non-hydrogen) atoms. The minimum atomic E-state index is -5.15. The first-order valence-electron chi connectivity index (χ1n) is 12.0. The zero-order valence-electron chi connectivity index (χ0n) is 21.0. The van der Waals surface area contributed by atoms with E-state index in [0.717, 1.165) is 11.3 Å². The van der Waals surface area contributed by atoms with Crippen molar-refractivity contribution in [2.24, 2.45) is 0 Å². The monoisotopic (exact) mass is 526 g/mol. The van der Waals surface area contributed by atoms with Gasteiger partial charge in [-0.05, 0) is 49.6 Å². The van der Waals surface area contributed by atoms with Crippen molar-refractivity contribution < 1.29 is 31.9 Å². The Bertz CT molecular complexity index is 1240. The average molecular weight is 527 g/mol. The van der Waals surface area contributed by atoms with E-state index < -0.39 is 24.2 Å². The first-order chi connectivity index (χ1) is 18.2. The van der Waals surface area contributed by atoms with Gasteiger partial charge < -0.3 is 18.8 Å². The van der Waals surface area contributed by atoms with Gasteiger partial charge in [0.2, 0.25) is 5.89 Å². The molecule has 0 saturated heterocycles. The first kappa shape index (κ1) is 28.4. The largest absolute Gasteiger partial charge is 0.493 e. The normalized spacial score (nSPS) is 12.8.